The van der Waals surface area contributed by atoms with Crippen molar-refractivity contribution >= 4 is 5.97 Å². The van der Waals surface area contributed by atoms with Crippen molar-refractivity contribution in [2.24, 2.45) is 11.8 Å². The highest BCUT2D eigenvalue weighted by atomic mass is 16.5. The summed E-state index contributed by atoms with van der Waals surface area (Å²) in [5.74, 6) is 1.13. The molecule has 1 aliphatic rings. The Morgan fingerprint density at radius 2 is 1.87 bits per heavy atom. The lowest BCUT2D eigenvalue weighted by molar-refractivity contribution is -0.144. The maximum absolute atomic E-state index is 11.3. The maximum atomic E-state index is 11.3. The number of rotatable bonds is 5. The largest absolute Gasteiger partial charge is 0.466 e. The highest BCUT2D eigenvalue weighted by molar-refractivity contribution is 5.69. The topological polar surface area (TPSA) is 46.5 Å². The first kappa shape index (κ1) is 12.5. The minimum absolute atomic E-state index is 0.0527. The molecule has 15 heavy (non-hydrogen) atoms. The van der Waals surface area contributed by atoms with E-state index in [-0.39, 0.29) is 5.97 Å². The van der Waals surface area contributed by atoms with Gasteiger partial charge in [-0.05, 0) is 38.0 Å². The predicted molar refractivity (Wildman–Crippen MR) is 58.4 cm³/mol. The quantitative estimate of drug-likeness (QED) is 0.713. The molecule has 0 aliphatic heterocycles. The van der Waals surface area contributed by atoms with Gasteiger partial charge in [0.2, 0.25) is 0 Å². The van der Waals surface area contributed by atoms with Crippen molar-refractivity contribution < 1.29 is 14.6 Å². The van der Waals surface area contributed by atoms with Crippen molar-refractivity contribution in [3.8, 4) is 0 Å². The minimum Gasteiger partial charge on any atom is -0.466 e. The summed E-state index contributed by atoms with van der Waals surface area (Å²) in [4.78, 5) is 11.3. The monoisotopic (exact) mass is 214 g/mol. The smallest absolute Gasteiger partial charge is 0.306 e. The van der Waals surface area contributed by atoms with Gasteiger partial charge in [0.05, 0.1) is 6.61 Å². The molecule has 3 heteroatoms. The van der Waals surface area contributed by atoms with Crippen molar-refractivity contribution in [2.45, 2.75) is 45.4 Å². The van der Waals surface area contributed by atoms with E-state index in [1.165, 1.54) is 0 Å². The van der Waals surface area contributed by atoms with Gasteiger partial charge >= 0.3 is 5.97 Å². The average molecular weight is 214 g/mol. The Hall–Kier alpha value is -0.570. The molecule has 1 aliphatic carbocycles. The van der Waals surface area contributed by atoms with E-state index in [9.17, 15) is 4.79 Å². The second-order valence-corrected chi connectivity index (χ2v) is 4.41. The van der Waals surface area contributed by atoms with Crippen LogP contribution in [0.2, 0.25) is 0 Å². The summed E-state index contributed by atoms with van der Waals surface area (Å²) in [6, 6.07) is 0. The van der Waals surface area contributed by atoms with Crippen LogP contribution in [0.1, 0.15) is 45.4 Å². The molecule has 0 amide bonds. The molecule has 1 N–H and O–H groups in total. The van der Waals surface area contributed by atoms with Gasteiger partial charge in [-0.15, -0.1) is 0 Å². The molecule has 0 aromatic carbocycles. The first-order chi connectivity index (χ1) is 7.26. The fourth-order valence-electron chi connectivity index (χ4n) is 2.36. The third-order valence-corrected chi connectivity index (χ3v) is 3.26. The zero-order valence-corrected chi connectivity index (χ0v) is 9.58. The van der Waals surface area contributed by atoms with Crippen molar-refractivity contribution in [1.82, 2.24) is 0 Å². The number of ether oxygens (including phenoxy) is 1. The molecule has 0 atom stereocenters. The van der Waals surface area contributed by atoms with Crippen LogP contribution in [0.25, 0.3) is 0 Å². The first-order valence-corrected chi connectivity index (χ1v) is 6.02. The van der Waals surface area contributed by atoms with Gasteiger partial charge in [0.25, 0.3) is 0 Å². The number of aliphatic hydroxyl groups is 1. The first-order valence-electron chi connectivity index (χ1n) is 6.02. The van der Waals surface area contributed by atoms with E-state index < -0.39 is 0 Å². The zero-order valence-electron chi connectivity index (χ0n) is 9.58. The van der Waals surface area contributed by atoms with Crippen LogP contribution in [0.15, 0.2) is 0 Å². The van der Waals surface area contributed by atoms with Crippen molar-refractivity contribution in [3.05, 3.63) is 0 Å². The van der Waals surface area contributed by atoms with Crippen LogP contribution in [-0.4, -0.2) is 24.3 Å². The van der Waals surface area contributed by atoms with E-state index in [2.05, 4.69) is 0 Å². The summed E-state index contributed by atoms with van der Waals surface area (Å²) in [6.07, 6.45) is 6.05. The van der Waals surface area contributed by atoms with Crippen LogP contribution < -0.4 is 0 Å². The summed E-state index contributed by atoms with van der Waals surface area (Å²) in [7, 11) is 0. The fraction of sp³-hybridized carbons (Fsp3) is 0.917. The molecule has 0 bridgehead atoms. The van der Waals surface area contributed by atoms with Crippen LogP contribution in [-0.2, 0) is 9.53 Å². The SMILES string of the molecule is CCOC(=O)CC1CCC(CCO)CC1. The average Bonchev–Trinajstić information content (AvgIpc) is 2.22. The molecule has 0 aromatic rings. The number of carbonyl (C=O) groups is 1. The van der Waals surface area contributed by atoms with Gasteiger partial charge in [0.1, 0.15) is 0 Å². The van der Waals surface area contributed by atoms with Crippen LogP contribution in [0.5, 0.6) is 0 Å². The molecule has 1 fully saturated rings. The molecule has 0 radical (unpaired) electrons. The summed E-state index contributed by atoms with van der Waals surface area (Å²) in [5.41, 5.74) is 0. The Balaban J connectivity index is 2.16. The van der Waals surface area contributed by atoms with Crippen LogP contribution in [0.4, 0.5) is 0 Å². The van der Waals surface area contributed by atoms with Gasteiger partial charge in [-0.3, -0.25) is 4.79 Å². The van der Waals surface area contributed by atoms with Gasteiger partial charge < -0.3 is 9.84 Å². The minimum atomic E-state index is -0.0527. The number of carbonyl (C=O) groups excluding carboxylic acids is 1. The second kappa shape index (κ2) is 6.83. The maximum Gasteiger partial charge on any atom is 0.306 e. The van der Waals surface area contributed by atoms with Crippen LogP contribution in [0.3, 0.4) is 0 Å². The van der Waals surface area contributed by atoms with Gasteiger partial charge in [0, 0.05) is 13.0 Å². The molecular weight excluding hydrogens is 192 g/mol. The molecule has 1 rings (SSSR count). The number of hydrogen-bond donors (Lipinski definition) is 1. The second-order valence-electron chi connectivity index (χ2n) is 4.41. The number of aliphatic hydroxyl groups excluding tert-OH is 1. The third-order valence-electron chi connectivity index (χ3n) is 3.26. The summed E-state index contributed by atoms with van der Waals surface area (Å²) in [6.45, 7) is 2.63. The van der Waals surface area contributed by atoms with E-state index >= 15 is 0 Å². The highest BCUT2D eigenvalue weighted by Crippen LogP contribution is 2.32. The summed E-state index contributed by atoms with van der Waals surface area (Å²) in [5, 5.41) is 8.83. The van der Waals surface area contributed by atoms with Crippen LogP contribution >= 0.6 is 0 Å². The summed E-state index contributed by atoms with van der Waals surface area (Å²) < 4.78 is 4.94. The van der Waals surface area contributed by atoms with Crippen molar-refractivity contribution in [1.29, 1.82) is 0 Å². The van der Waals surface area contributed by atoms with Crippen LogP contribution in [0, 0.1) is 11.8 Å². The number of hydrogen-bond acceptors (Lipinski definition) is 3. The highest BCUT2D eigenvalue weighted by Gasteiger charge is 2.22. The van der Waals surface area contributed by atoms with E-state index in [0.717, 1.165) is 32.1 Å². The molecule has 0 unspecified atom stereocenters. The Morgan fingerprint density at radius 1 is 1.27 bits per heavy atom. The number of esters is 1. The lowest BCUT2D eigenvalue weighted by Gasteiger charge is -2.27. The molecule has 1 saturated carbocycles. The Labute approximate surface area is 91.8 Å². The van der Waals surface area contributed by atoms with Gasteiger partial charge in [-0.25, -0.2) is 0 Å². The molecule has 88 valence electrons. The lowest BCUT2D eigenvalue weighted by Crippen LogP contribution is -2.19. The fourth-order valence-corrected chi connectivity index (χ4v) is 2.36. The van der Waals surface area contributed by atoms with E-state index in [1.807, 2.05) is 6.92 Å². The Morgan fingerprint density at radius 3 is 2.40 bits per heavy atom. The Bertz CT molecular complexity index is 183. The molecule has 3 nitrogen and oxygen atoms in total. The molecule has 0 saturated heterocycles. The summed E-state index contributed by atoms with van der Waals surface area (Å²) >= 11 is 0. The van der Waals surface area contributed by atoms with Gasteiger partial charge in [0.15, 0.2) is 0 Å². The van der Waals surface area contributed by atoms with E-state index in [4.69, 9.17) is 9.84 Å². The van der Waals surface area contributed by atoms with E-state index in [1.54, 1.807) is 0 Å². The van der Waals surface area contributed by atoms with Gasteiger partial charge in [-0.1, -0.05) is 12.8 Å². The Kier molecular flexibility index (Phi) is 5.69. The normalized spacial score (nSPS) is 26.3. The third kappa shape index (κ3) is 4.65. The zero-order chi connectivity index (χ0) is 11.1. The predicted octanol–water partition coefficient (Wildman–Crippen LogP) is 2.13. The molecule has 0 heterocycles. The molecule has 0 spiro atoms. The van der Waals surface area contributed by atoms with Crippen molar-refractivity contribution in [3.63, 3.8) is 0 Å². The molecule has 0 aromatic heterocycles. The lowest BCUT2D eigenvalue weighted by atomic mass is 9.79. The van der Waals surface area contributed by atoms with E-state index in [0.29, 0.717) is 31.5 Å². The van der Waals surface area contributed by atoms with Crippen molar-refractivity contribution in [2.75, 3.05) is 13.2 Å². The van der Waals surface area contributed by atoms with Gasteiger partial charge in [-0.2, -0.15) is 0 Å². The standard InChI is InChI=1S/C12H22O3/c1-2-15-12(14)9-11-5-3-10(4-6-11)7-8-13/h10-11,13H,2-9H2,1H3. The molecular formula is C12H22O3.